The number of amides is 2. The summed E-state index contributed by atoms with van der Waals surface area (Å²) in [5, 5.41) is 2.74. The number of piperazine rings is 1. The van der Waals surface area contributed by atoms with Crippen LogP contribution < -0.4 is 5.32 Å². The highest BCUT2D eigenvalue weighted by atomic mass is 16.2. The maximum atomic E-state index is 11.6. The number of nitrogens with zero attached hydrogens (tertiary/aromatic N) is 2. The van der Waals surface area contributed by atoms with Gasteiger partial charge in [-0.2, -0.15) is 0 Å². The van der Waals surface area contributed by atoms with Crippen molar-refractivity contribution in [3.63, 3.8) is 0 Å². The van der Waals surface area contributed by atoms with Gasteiger partial charge in [0.05, 0.1) is 6.54 Å². The first kappa shape index (κ1) is 14.4. The summed E-state index contributed by atoms with van der Waals surface area (Å²) in [7, 11) is 0. The lowest BCUT2D eigenvalue weighted by molar-refractivity contribution is -0.128. The minimum Gasteiger partial charge on any atom is -0.352 e. The molecule has 0 aliphatic carbocycles. The normalized spacial score (nSPS) is 16.8. The van der Waals surface area contributed by atoms with Crippen LogP contribution in [0.3, 0.4) is 0 Å². The van der Waals surface area contributed by atoms with E-state index in [1.165, 1.54) is 0 Å². The van der Waals surface area contributed by atoms with Gasteiger partial charge < -0.3 is 10.2 Å². The van der Waals surface area contributed by atoms with Gasteiger partial charge in [-0.05, 0) is 13.0 Å². The van der Waals surface area contributed by atoms with Crippen LogP contribution in [-0.4, -0.2) is 60.9 Å². The monoisotopic (exact) mass is 251 g/mol. The van der Waals surface area contributed by atoms with Crippen molar-refractivity contribution in [2.24, 2.45) is 0 Å². The molecule has 1 fully saturated rings. The highest BCUT2D eigenvalue weighted by molar-refractivity contribution is 5.87. The molecule has 18 heavy (non-hydrogen) atoms. The molecule has 0 unspecified atom stereocenters. The van der Waals surface area contributed by atoms with Crippen LogP contribution in [0.5, 0.6) is 0 Å². The first-order valence-corrected chi connectivity index (χ1v) is 6.19. The Labute approximate surface area is 108 Å². The maximum Gasteiger partial charge on any atom is 0.246 e. The standard InChI is InChI=1S/C13H21N3O2/c1-3-5-13(18)16-9-7-15(8-10-16)11-12(17)14-6-4-2/h3-5H,2,6-11H2,1H3,(H,14,17). The largest absolute Gasteiger partial charge is 0.352 e. The molecule has 1 saturated heterocycles. The first-order valence-electron chi connectivity index (χ1n) is 6.19. The Morgan fingerprint density at radius 1 is 1.28 bits per heavy atom. The molecular formula is C13H21N3O2. The van der Waals surface area contributed by atoms with E-state index in [1.807, 2.05) is 6.92 Å². The predicted octanol–water partition coefficient (Wildman–Crippen LogP) is 0.00890. The van der Waals surface area contributed by atoms with Gasteiger partial charge in [-0.3, -0.25) is 14.5 Å². The Balaban J connectivity index is 2.28. The van der Waals surface area contributed by atoms with Gasteiger partial charge in [0, 0.05) is 32.7 Å². The smallest absolute Gasteiger partial charge is 0.246 e. The van der Waals surface area contributed by atoms with E-state index in [9.17, 15) is 9.59 Å². The molecule has 0 radical (unpaired) electrons. The molecule has 0 atom stereocenters. The molecule has 1 heterocycles. The Morgan fingerprint density at radius 3 is 2.50 bits per heavy atom. The Bertz CT molecular complexity index is 331. The summed E-state index contributed by atoms with van der Waals surface area (Å²) >= 11 is 0. The van der Waals surface area contributed by atoms with Gasteiger partial charge in [-0.15, -0.1) is 6.58 Å². The summed E-state index contributed by atoms with van der Waals surface area (Å²) in [6.45, 7) is 9.10. The second-order valence-corrected chi connectivity index (χ2v) is 4.19. The summed E-state index contributed by atoms with van der Waals surface area (Å²) in [5.41, 5.74) is 0. The lowest BCUT2D eigenvalue weighted by Gasteiger charge is -2.33. The fraction of sp³-hybridized carbons (Fsp3) is 0.538. The Hall–Kier alpha value is -1.62. The van der Waals surface area contributed by atoms with Crippen molar-refractivity contribution in [2.45, 2.75) is 6.92 Å². The number of carbonyl (C=O) groups is 2. The van der Waals surface area contributed by atoms with Gasteiger partial charge >= 0.3 is 0 Å². The number of hydrogen-bond acceptors (Lipinski definition) is 3. The van der Waals surface area contributed by atoms with Gasteiger partial charge in [0.15, 0.2) is 0 Å². The Kier molecular flexibility index (Phi) is 6.14. The number of hydrogen-bond donors (Lipinski definition) is 1. The fourth-order valence-electron chi connectivity index (χ4n) is 1.82. The molecule has 1 aliphatic rings. The Morgan fingerprint density at radius 2 is 1.94 bits per heavy atom. The molecule has 0 spiro atoms. The van der Waals surface area contributed by atoms with Gasteiger partial charge in [-0.25, -0.2) is 0 Å². The van der Waals surface area contributed by atoms with E-state index in [4.69, 9.17) is 0 Å². The zero-order chi connectivity index (χ0) is 13.4. The minimum atomic E-state index is 0.00290. The van der Waals surface area contributed by atoms with Crippen molar-refractivity contribution in [2.75, 3.05) is 39.3 Å². The van der Waals surface area contributed by atoms with Crippen LogP contribution in [0.1, 0.15) is 6.92 Å². The third kappa shape index (κ3) is 4.71. The maximum absolute atomic E-state index is 11.6. The number of carbonyl (C=O) groups excluding carboxylic acids is 2. The van der Waals surface area contributed by atoms with E-state index in [-0.39, 0.29) is 11.8 Å². The molecule has 0 saturated carbocycles. The molecule has 2 amide bonds. The number of nitrogens with one attached hydrogen (secondary N) is 1. The lowest BCUT2D eigenvalue weighted by atomic mass is 10.3. The van der Waals surface area contributed by atoms with Crippen molar-refractivity contribution in [3.05, 3.63) is 24.8 Å². The third-order valence-corrected chi connectivity index (χ3v) is 2.80. The molecule has 1 rings (SSSR count). The van der Waals surface area contributed by atoms with Crippen LogP contribution in [0.4, 0.5) is 0 Å². The van der Waals surface area contributed by atoms with Crippen LogP contribution in [0, 0.1) is 0 Å². The summed E-state index contributed by atoms with van der Waals surface area (Å²) in [4.78, 5) is 27.0. The highest BCUT2D eigenvalue weighted by Gasteiger charge is 2.20. The SMILES string of the molecule is C=CCNC(=O)CN1CCN(C(=O)C=CC)CC1. The predicted molar refractivity (Wildman–Crippen MR) is 71.0 cm³/mol. The first-order chi connectivity index (χ1) is 8.67. The molecule has 1 aliphatic heterocycles. The van der Waals surface area contributed by atoms with Crippen molar-refractivity contribution < 1.29 is 9.59 Å². The van der Waals surface area contributed by atoms with Crippen LogP contribution in [0.25, 0.3) is 0 Å². The summed E-state index contributed by atoms with van der Waals surface area (Å²) < 4.78 is 0. The van der Waals surface area contributed by atoms with Gasteiger partial charge in [0.1, 0.15) is 0 Å². The van der Waals surface area contributed by atoms with E-state index >= 15 is 0 Å². The molecule has 100 valence electrons. The van der Waals surface area contributed by atoms with E-state index in [1.54, 1.807) is 23.1 Å². The zero-order valence-corrected chi connectivity index (χ0v) is 10.9. The van der Waals surface area contributed by atoms with Crippen molar-refractivity contribution in [3.8, 4) is 0 Å². The fourth-order valence-corrected chi connectivity index (χ4v) is 1.82. The van der Waals surface area contributed by atoms with E-state index in [0.29, 0.717) is 26.2 Å². The number of allylic oxidation sites excluding steroid dienone is 1. The van der Waals surface area contributed by atoms with Crippen LogP contribution >= 0.6 is 0 Å². The van der Waals surface area contributed by atoms with Crippen LogP contribution in [0.15, 0.2) is 24.8 Å². The lowest BCUT2D eigenvalue weighted by Crippen LogP contribution is -2.50. The molecule has 5 nitrogen and oxygen atoms in total. The second kappa shape index (κ2) is 7.66. The summed E-state index contributed by atoms with van der Waals surface area (Å²) in [5.74, 6) is 0.0522. The number of rotatable bonds is 5. The average molecular weight is 251 g/mol. The van der Waals surface area contributed by atoms with Crippen molar-refractivity contribution in [1.29, 1.82) is 0 Å². The summed E-state index contributed by atoms with van der Waals surface area (Å²) in [6.07, 6.45) is 4.98. The van der Waals surface area contributed by atoms with Crippen molar-refractivity contribution >= 4 is 11.8 Å². The van der Waals surface area contributed by atoms with Gasteiger partial charge in [-0.1, -0.05) is 12.2 Å². The summed E-state index contributed by atoms with van der Waals surface area (Å²) in [6, 6.07) is 0. The second-order valence-electron chi connectivity index (χ2n) is 4.19. The third-order valence-electron chi connectivity index (χ3n) is 2.80. The average Bonchev–Trinajstić information content (AvgIpc) is 2.37. The van der Waals surface area contributed by atoms with Crippen LogP contribution in [0.2, 0.25) is 0 Å². The molecule has 0 bridgehead atoms. The van der Waals surface area contributed by atoms with Crippen LogP contribution in [-0.2, 0) is 9.59 Å². The minimum absolute atomic E-state index is 0.00290. The van der Waals surface area contributed by atoms with E-state index in [2.05, 4.69) is 16.8 Å². The molecular weight excluding hydrogens is 230 g/mol. The van der Waals surface area contributed by atoms with Crippen molar-refractivity contribution in [1.82, 2.24) is 15.1 Å². The van der Waals surface area contributed by atoms with E-state index < -0.39 is 0 Å². The molecule has 5 heteroatoms. The van der Waals surface area contributed by atoms with Gasteiger partial charge in [0.25, 0.3) is 0 Å². The molecule has 0 aromatic carbocycles. The quantitative estimate of drug-likeness (QED) is 0.553. The highest BCUT2D eigenvalue weighted by Crippen LogP contribution is 2.02. The molecule has 1 N–H and O–H groups in total. The molecule has 0 aromatic heterocycles. The zero-order valence-electron chi connectivity index (χ0n) is 10.9. The van der Waals surface area contributed by atoms with Gasteiger partial charge in [0.2, 0.25) is 11.8 Å². The topological polar surface area (TPSA) is 52.7 Å². The van der Waals surface area contributed by atoms with E-state index in [0.717, 1.165) is 13.1 Å². The molecule has 0 aromatic rings.